The first kappa shape index (κ1) is 30.0. The molecule has 3 heterocycles. The Morgan fingerprint density at radius 1 is 1.07 bits per heavy atom. The van der Waals surface area contributed by atoms with Crippen LogP contribution in [0.2, 0.25) is 6.32 Å². The zero-order valence-electron chi connectivity index (χ0n) is 24.4. The molecule has 11 heteroatoms. The maximum Gasteiger partial charge on any atom is 0.488 e. The Bertz CT molecular complexity index is 1610. The summed E-state index contributed by atoms with van der Waals surface area (Å²) in [4.78, 5) is 33.4. The number of carbonyl (C=O) groups is 2. The number of anilines is 1. The standard InChI is InChI=1S/C33H34B2N2O7/c1-2-21-17-26-31(33(40)37(32(26)39)24-7-5-6-23(18-24)35(42)43)27-19-34(41)44-29(30(21)27)14-11-22(28-8-3-4-15-36-28)16-20-9-12-25(38)13-10-20/h3-10,12-13,15-16,18,26-27,29,31,38,41-43H,2,11,14,17,19H2,1H3/b22-16-/t26-,27+,29-,31-/m1/s1. The van der Waals surface area contributed by atoms with E-state index in [4.69, 9.17) is 4.65 Å². The van der Waals surface area contributed by atoms with Crippen molar-refractivity contribution in [1.82, 2.24) is 4.98 Å². The summed E-state index contributed by atoms with van der Waals surface area (Å²) >= 11 is 0. The first-order valence-corrected chi connectivity index (χ1v) is 15.1. The first-order chi connectivity index (χ1) is 21.2. The van der Waals surface area contributed by atoms with Gasteiger partial charge in [-0.25, -0.2) is 0 Å². The number of rotatable bonds is 8. The lowest BCUT2D eigenvalue weighted by molar-refractivity contribution is -0.122. The van der Waals surface area contributed by atoms with E-state index in [2.05, 4.69) is 4.98 Å². The molecule has 2 aromatic carbocycles. The summed E-state index contributed by atoms with van der Waals surface area (Å²) < 4.78 is 6.16. The number of phenolic OH excluding ortho intramolecular Hbond substituents is 1. The van der Waals surface area contributed by atoms with Crippen molar-refractivity contribution in [2.45, 2.75) is 45.0 Å². The number of aromatic nitrogens is 1. The van der Waals surface area contributed by atoms with Crippen LogP contribution in [0.25, 0.3) is 11.6 Å². The molecule has 0 bridgehead atoms. The number of amides is 2. The normalized spacial score (nSPS) is 23.6. The van der Waals surface area contributed by atoms with Gasteiger partial charge < -0.3 is 24.8 Å². The van der Waals surface area contributed by atoms with Crippen molar-refractivity contribution in [1.29, 1.82) is 0 Å². The Morgan fingerprint density at radius 2 is 1.86 bits per heavy atom. The molecule has 1 aromatic heterocycles. The number of nitrogens with zero attached hydrogens (tertiary/aromatic N) is 2. The second kappa shape index (κ2) is 12.5. The van der Waals surface area contributed by atoms with Gasteiger partial charge in [-0.2, -0.15) is 0 Å². The van der Waals surface area contributed by atoms with Crippen molar-refractivity contribution in [2.75, 3.05) is 4.90 Å². The average molecular weight is 592 g/mol. The highest BCUT2D eigenvalue weighted by Crippen LogP contribution is 2.52. The highest BCUT2D eigenvalue weighted by molar-refractivity contribution is 6.58. The summed E-state index contributed by atoms with van der Waals surface area (Å²) in [5, 5.41) is 40.0. The van der Waals surface area contributed by atoms with Gasteiger partial charge in [0.2, 0.25) is 11.8 Å². The van der Waals surface area contributed by atoms with Gasteiger partial charge >= 0.3 is 14.2 Å². The molecule has 2 amide bonds. The Morgan fingerprint density at radius 3 is 2.57 bits per heavy atom. The Hall–Kier alpha value is -4.02. The predicted octanol–water partition coefficient (Wildman–Crippen LogP) is 3.20. The maximum atomic E-state index is 14.0. The van der Waals surface area contributed by atoms with Gasteiger partial charge in [0.15, 0.2) is 0 Å². The lowest BCUT2D eigenvalue weighted by Gasteiger charge is -2.43. The molecule has 224 valence electrons. The molecule has 0 unspecified atom stereocenters. The molecule has 1 aliphatic carbocycles. The third kappa shape index (κ3) is 5.76. The van der Waals surface area contributed by atoms with E-state index in [1.54, 1.807) is 30.5 Å². The van der Waals surface area contributed by atoms with E-state index < -0.39 is 32.2 Å². The van der Waals surface area contributed by atoms with E-state index >= 15 is 0 Å². The highest BCUT2D eigenvalue weighted by atomic mass is 16.5. The number of hydrogen-bond acceptors (Lipinski definition) is 8. The smallest absolute Gasteiger partial charge is 0.488 e. The molecule has 6 rings (SSSR count). The fourth-order valence-corrected chi connectivity index (χ4v) is 7.07. The Kier molecular flexibility index (Phi) is 8.55. The number of hydrogen-bond donors (Lipinski definition) is 4. The molecule has 0 saturated carbocycles. The second-order valence-electron chi connectivity index (χ2n) is 11.7. The van der Waals surface area contributed by atoms with Crippen LogP contribution in [-0.4, -0.2) is 57.3 Å². The molecule has 4 N–H and O–H groups in total. The van der Waals surface area contributed by atoms with E-state index in [0.29, 0.717) is 31.4 Å². The molecule has 0 radical (unpaired) electrons. The van der Waals surface area contributed by atoms with Crippen LogP contribution < -0.4 is 10.4 Å². The van der Waals surface area contributed by atoms with E-state index in [-0.39, 0.29) is 35.3 Å². The Labute approximate surface area is 256 Å². The Balaban J connectivity index is 1.31. The van der Waals surface area contributed by atoms with Crippen molar-refractivity contribution >= 4 is 48.9 Å². The zero-order chi connectivity index (χ0) is 31.0. The minimum absolute atomic E-state index is 0.184. The molecule has 0 spiro atoms. The number of benzene rings is 2. The van der Waals surface area contributed by atoms with Crippen molar-refractivity contribution in [3.63, 3.8) is 0 Å². The summed E-state index contributed by atoms with van der Waals surface area (Å²) in [6.07, 6.45) is 5.77. The second-order valence-corrected chi connectivity index (χ2v) is 11.7. The van der Waals surface area contributed by atoms with Gasteiger partial charge in [-0.3, -0.25) is 19.5 Å². The SMILES string of the molecule is CCC1=C2[C@@H](CC/C(=C/c3ccc(O)cc3)c3ccccn3)OB(O)C[C@@H]2[C@@H]2C(=O)N(c3cccc(B(O)O)c3)C(=O)[C@@H]2C1. The zero-order valence-corrected chi connectivity index (χ0v) is 24.4. The number of phenols is 1. The molecule has 3 aliphatic rings. The number of fused-ring (bicyclic) bond motifs is 3. The summed E-state index contributed by atoms with van der Waals surface area (Å²) in [7, 11) is -2.81. The molecule has 44 heavy (non-hydrogen) atoms. The van der Waals surface area contributed by atoms with Gasteiger partial charge in [-0.15, -0.1) is 0 Å². The third-order valence-corrected chi connectivity index (χ3v) is 9.07. The molecular formula is C33H34B2N2O7. The van der Waals surface area contributed by atoms with Crippen LogP contribution in [0.1, 0.15) is 43.9 Å². The van der Waals surface area contributed by atoms with Crippen molar-refractivity contribution in [3.05, 3.63) is 95.3 Å². The third-order valence-electron chi connectivity index (χ3n) is 9.07. The number of pyridine rings is 1. The fourth-order valence-electron chi connectivity index (χ4n) is 7.07. The monoisotopic (exact) mass is 592 g/mol. The van der Waals surface area contributed by atoms with Crippen LogP contribution in [0.15, 0.2) is 84.1 Å². The summed E-state index contributed by atoms with van der Waals surface area (Å²) in [6, 6.07) is 18.8. The van der Waals surface area contributed by atoms with Gasteiger partial charge in [0.05, 0.1) is 29.3 Å². The number of allylic oxidation sites excluding steroid dienone is 2. The quantitative estimate of drug-likeness (QED) is 0.178. The molecule has 3 aromatic rings. The van der Waals surface area contributed by atoms with E-state index in [9.17, 15) is 29.8 Å². The van der Waals surface area contributed by atoms with Gasteiger partial charge in [0, 0.05) is 6.20 Å². The lowest BCUT2D eigenvalue weighted by atomic mass is 9.58. The van der Waals surface area contributed by atoms with Gasteiger partial charge in [-0.1, -0.05) is 42.8 Å². The summed E-state index contributed by atoms with van der Waals surface area (Å²) in [6.45, 7) is 2.04. The highest BCUT2D eigenvalue weighted by Gasteiger charge is 2.57. The molecule has 2 saturated heterocycles. The van der Waals surface area contributed by atoms with Crippen molar-refractivity contribution in [2.24, 2.45) is 17.8 Å². The van der Waals surface area contributed by atoms with Crippen LogP contribution in [0.4, 0.5) is 5.69 Å². The molecule has 2 aliphatic heterocycles. The van der Waals surface area contributed by atoms with E-state index in [1.165, 1.54) is 17.0 Å². The number of aromatic hydroxyl groups is 1. The first-order valence-electron chi connectivity index (χ1n) is 15.1. The molecule has 4 atom stereocenters. The topological polar surface area (TPSA) is 140 Å². The van der Waals surface area contributed by atoms with Crippen LogP contribution >= 0.6 is 0 Å². The number of imide groups is 1. The van der Waals surface area contributed by atoms with Gasteiger partial charge in [-0.05, 0) is 103 Å². The average Bonchev–Trinajstić information content (AvgIpc) is 3.28. The van der Waals surface area contributed by atoms with Crippen molar-refractivity contribution < 1.29 is 34.4 Å². The van der Waals surface area contributed by atoms with Gasteiger partial charge in [0.1, 0.15) is 5.75 Å². The van der Waals surface area contributed by atoms with E-state index in [0.717, 1.165) is 28.0 Å². The molecule has 2 fully saturated rings. The van der Waals surface area contributed by atoms with Crippen molar-refractivity contribution in [3.8, 4) is 5.75 Å². The lowest BCUT2D eigenvalue weighted by Crippen LogP contribution is -2.46. The summed E-state index contributed by atoms with van der Waals surface area (Å²) in [5.74, 6) is -2.01. The predicted molar refractivity (Wildman–Crippen MR) is 168 cm³/mol. The minimum atomic E-state index is -1.73. The fraction of sp³-hybridized carbons (Fsp3) is 0.303. The largest absolute Gasteiger partial charge is 0.508 e. The van der Waals surface area contributed by atoms with Crippen LogP contribution in [0, 0.1) is 17.8 Å². The van der Waals surface area contributed by atoms with Crippen LogP contribution in [0.5, 0.6) is 5.75 Å². The summed E-state index contributed by atoms with van der Waals surface area (Å²) in [5.41, 5.74) is 5.27. The number of carbonyl (C=O) groups excluding carboxylic acids is 2. The maximum absolute atomic E-state index is 14.0. The van der Waals surface area contributed by atoms with Crippen LogP contribution in [0.3, 0.4) is 0 Å². The molecular weight excluding hydrogens is 558 g/mol. The molecule has 9 nitrogen and oxygen atoms in total. The minimum Gasteiger partial charge on any atom is -0.508 e. The van der Waals surface area contributed by atoms with Gasteiger partial charge in [0.25, 0.3) is 0 Å². The van der Waals surface area contributed by atoms with Crippen LogP contribution in [-0.2, 0) is 14.2 Å². The van der Waals surface area contributed by atoms with E-state index in [1.807, 2.05) is 43.3 Å².